The van der Waals surface area contributed by atoms with E-state index in [1.807, 2.05) is 45.9 Å². The van der Waals surface area contributed by atoms with E-state index in [2.05, 4.69) is 61.2 Å². The molecular formula is C30H38N2O2. The quantitative estimate of drug-likeness (QED) is 0.297. The summed E-state index contributed by atoms with van der Waals surface area (Å²) in [5, 5.41) is 12.4. The molecule has 0 spiro atoms. The molecule has 0 N–H and O–H groups in total. The molecule has 0 fully saturated rings. The predicted molar refractivity (Wildman–Crippen MR) is 143 cm³/mol. The van der Waals surface area contributed by atoms with Gasteiger partial charge in [0.05, 0.1) is 12.7 Å². The van der Waals surface area contributed by atoms with Crippen molar-refractivity contribution in [3.05, 3.63) is 60.2 Å². The normalized spacial score (nSPS) is 11.6. The van der Waals surface area contributed by atoms with Gasteiger partial charge < -0.3 is 14.4 Å². The van der Waals surface area contributed by atoms with Crippen molar-refractivity contribution < 1.29 is 9.47 Å². The summed E-state index contributed by atoms with van der Waals surface area (Å²) in [4.78, 5) is 2.40. The highest BCUT2D eigenvalue weighted by atomic mass is 16.5. The van der Waals surface area contributed by atoms with Gasteiger partial charge in [-0.05, 0) is 81.6 Å². The molecule has 0 aliphatic rings. The molecule has 0 heterocycles. The molecule has 180 valence electrons. The highest BCUT2D eigenvalue weighted by molar-refractivity contribution is 5.91. The largest absolute Gasteiger partial charge is 0.486 e. The van der Waals surface area contributed by atoms with Gasteiger partial charge in [-0.2, -0.15) is 5.26 Å². The van der Waals surface area contributed by atoms with Crippen LogP contribution in [0.5, 0.6) is 5.75 Å². The second-order valence-corrected chi connectivity index (χ2v) is 9.65. The number of nitrogens with zero attached hydrogens (tertiary/aromatic N) is 2. The van der Waals surface area contributed by atoms with Crippen LogP contribution in [0, 0.1) is 11.3 Å². The maximum absolute atomic E-state index is 10.0. The molecule has 4 nitrogen and oxygen atoms in total. The van der Waals surface area contributed by atoms with Crippen LogP contribution >= 0.6 is 0 Å². The molecule has 0 atom stereocenters. The first-order valence-corrected chi connectivity index (χ1v) is 12.4. The van der Waals surface area contributed by atoms with Gasteiger partial charge in [0.2, 0.25) is 0 Å². The highest BCUT2D eigenvalue weighted by Gasteiger charge is 2.23. The summed E-state index contributed by atoms with van der Waals surface area (Å²) in [6.45, 7) is 15.2. The Morgan fingerprint density at radius 3 is 2.41 bits per heavy atom. The summed E-state index contributed by atoms with van der Waals surface area (Å²) in [6.07, 6.45) is 2.06. The number of fused-ring (bicyclic) bond motifs is 1. The Kier molecular flexibility index (Phi) is 8.58. The van der Waals surface area contributed by atoms with Gasteiger partial charge in [0.1, 0.15) is 23.0 Å². The minimum atomic E-state index is -0.442. The lowest BCUT2D eigenvalue weighted by Gasteiger charge is -2.28. The molecule has 0 amide bonds. The van der Waals surface area contributed by atoms with Crippen LogP contribution in [0.4, 0.5) is 5.69 Å². The number of anilines is 1. The molecule has 0 saturated heterocycles. The number of nitriles is 1. The van der Waals surface area contributed by atoms with Gasteiger partial charge >= 0.3 is 0 Å². The summed E-state index contributed by atoms with van der Waals surface area (Å²) in [6, 6.07) is 21.3. The number of ether oxygens (including phenoxy) is 2. The molecule has 0 bridgehead atoms. The van der Waals surface area contributed by atoms with E-state index in [1.165, 1.54) is 11.1 Å². The Balaban J connectivity index is 1.90. The van der Waals surface area contributed by atoms with Crippen molar-refractivity contribution in [1.29, 1.82) is 5.26 Å². The van der Waals surface area contributed by atoms with E-state index in [0.717, 1.165) is 42.4 Å². The topological polar surface area (TPSA) is 45.5 Å². The summed E-state index contributed by atoms with van der Waals surface area (Å²) < 4.78 is 12.0. The van der Waals surface area contributed by atoms with Crippen LogP contribution in [0.3, 0.4) is 0 Å². The molecule has 4 heteroatoms. The number of hydrogen-bond acceptors (Lipinski definition) is 4. The SMILES string of the molecule is CCCN(CC)c1ccc2cc(-c3cccc(OC(C)(C)CCOC(C)C)c3C#N)ccc2c1. The summed E-state index contributed by atoms with van der Waals surface area (Å²) in [5.41, 5.74) is 3.28. The number of rotatable bonds is 11. The Bertz CT molecular complexity index is 1140. The van der Waals surface area contributed by atoms with Crippen molar-refractivity contribution in [1.82, 2.24) is 0 Å². The molecule has 0 saturated carbocycles. The molecule has 0 aliphatic carbocycles. The van der Waals surface area contributed by atoms with Crippen molar-refractivity contribution in [3.8, 4) is 22.9 Å². The van der Waals surface area contributed by atoms with E-state index in [4.69, 9.17) is 9.47 Å². The average molecular weight is 459 g/mol. The fourth-order valence-corrected chi connectivity index (χ4v) is 4.20. The molecule has 0 unspecified atom stereocenters. The van der Waals surface area contributed by atoms with Gasteiger partial charge in [-0.3, -0.25) is 0 Å². The smallest absolute Gasteiger partial charge is 0.138 e. The van der Waals surface area contributed by atoms with Gasteiger partial charge in [0.15, 0.2) is 0 Å². The third kappa shape index (κ3) is 6.30. The molecule has 0 aliphatic heterocycles. The summed E-state index contributed by atoms with van der Waals surface area (Å²) in [5.74, 6) is 0.614. The number of benzene rings is 3. The minimum absolute atomic E-state index is 0.189. The molecule has 3 aromatic carbocycles. The fraction of sp³-hybridized carbons (Fsp3) is 0.433. The Morgan fingerprint density at radius 2 is 1.74 bits per heavy atom. The van der Waals surface area contributed by atoms with E-state index in [9.17, 15) is 5.26 Å². The summed E-state index contributed by atoms with van der Waals surface area (Å²) >= 11 is 0. The maximum atomic E-state index is 10.0. The Labute approximate surface area is 205 Å². The van der Waals surface area contributed by atoms with Gasteiger partial charge in [-0.1, -0.05) is 37.3 Å². The lowest BCUT2D eigenvalue weighted by molar-refractivity contribution is 0.0230. The van der Waals surface area contributed by atoms with Crippen LogP contribution < -0.4 is 9.64 Å². The van der Waals surface area contributed by atoms with Crippen LogP contribution in [0.25, 0.3) is 21.9 Å². The first-order valence-electron chi connectivity index (χ1n) is 12.4. The molecule has 3 aromatic rings. The second kappa shape index (κ2) is 11.4. The first kappa shape index (κ1) is 25.6. The van der Waals surface area contributed by atoms with Crippen LogP contribution in [-0.4, -0.2) is 31.4 Å². The maximum Gasteiger partial charge on any atom is 0.138 e. The molecule has 0 radical (unpaired) electrons. The van der Waals surface area contributed by atoms with E-state index >= 15 is 0 Å². The third-order valence-corrected chi connectivity index (χ3v) is 6.05. The second-order valence-electron chi connectivity index (χ2n) is 9.65. The lowest BCUT2D eigenvalue weighted by atomic mass is 9.96. The molecule has 0 aromatic heterocycles. The molecule has 34 heavy (non-hydrogen) atoms. The minimum Gasteiger partial charge on any atom is -0.486 e. The van der Waals surface area contributed by atoms with Crippen LogP contribution in [0.2, 0.25) is 0 Å². The third-order valence-electron chi connectivity index (χ3n) is 6.05. The van der Waals surface area contributed by atoms with Crippen molar-refractivity contribution in [2.75, 3.05) is 24.6 Å². The van der Waals surface area contributed by atoms with Gasteiger partial charge in [-0.15, -0.1) is 0 Å². The van der Waals surface area contributed by atoms with Gasteiger partial charge in [-0.25, -0.2) is 0 Å². The van der Waals surface area contributed by atoms with Crippen LogP contribution in [-0.2, 0) is 4.74 Å². The Morgan fingerprint density at radius 1 is 1.00 bits per heavy atom. The van der Waals surface area contributed by atoms with Crippen molar-refractivity contribution in [2.24, 2.45) is 0 Å². The van der Waals surface area contributed by atoms with Gasteiger partial charge in [0, 0.05) is 30.8 Å². The van der Waals surface area contributed by atoms with Crippen molar-refractivity contribution in [3.63, 3.8) is 0 Å². The number of hydrogen-bond donors (Lipinski definition) is 0. The zero-order valence-electron chi connectivity index (χ0n) is 21.5. The lowest BCUT2D eigenvalue weighted by Crippen LogP contribution is -2.30. The van der Waals surface area contributed by atoms with Crippen molar-refractivity contribution in [2.45, 2.75) is 66.1 Å². The average Bonchev–Trinajstić information content (AvgIpc) is 2.81. The molecular weight excluding hydrogens is 420 g/mol. The predicted octanol–water partition coefficient (Wildman–Crippen LogP) is 7.59. The zero-order valence-corrected chi connectivity index (χ0v) is 21.5. The van der Waals surface area contributed by atoms with E-state index < -0.39 is 5.60 Å². The van der Waals surface area contributed by atoms with E-state index in [0.29, 0.717) is 17.9 Å². The standard InChI is InChI=1S/C30H38N2O2/c1-7-17-32(8-2)26-15-14-23-19-25(13-12-24(23)20-26)27-10-9-11-29(28(27)21-31)34-30(5,6)16-18-33-22(3)4/h9-15,19-20,22H,7-8,16-18H2,1-6H3. The summed E-state index contributed by atoms with van der Waals surface area (Å²) in [7, 11) is 0. The first-order chi connectivity index (χ1) is 16.3. The van der Waals surface area contributed by atoms with Crippen molar-refractivity contribution >= 4 is 16.5 Å². The van der Waals surface area contributed by atoms with E-state index in [-0.39, 0.29) is 6.10 Å². The molecule has 3 rings (SSSR count). The monoisotopic (exact) mass is 458 g/mol. The van der Waals surface area contributed by atoms with Crippen LogP contribution in [0.1, 0.15) is 59.9 Å². The fourth-order valence-electron chi connectivity index (χ4n) is 4.20. The highest BCUT2D eigenvalue weighted by Crippen LogP contribution is 2.35. The van der Waals surface area contributed by atoms with Gasteiger partial charge in [0.25, 0.3) is 0 Å². The van der Waals surface area contributed by atoms with E-state index in [1.54, 1.807) is 0 Å². The zero-order chi connectivity index (χ0) is 24.7. The Hall–Kier alpha value is -3.03. The van der Waals surface area contributed by atoms with Crippen LogP contribution in [0.15, 0.2) is 54.6 Å².